The Bertz CT molecular complexity index is 601. The maximum Gasteiger partial charge on any atom is 0.243 e. The SMILES string of the molecule is CC(C)C(CNC(=NCC(=O)N(C)C)NCCc1ccco1)N1CCOCC1.I. The van der Waals surface area contributed by atoms with E-state index in [1.54, 1.807) is 25.3 Å². The van der Waals surface area contributed by atoms with Crippen molar-refractivity contribution in [1.29, 1.82) is 0 Å². The van der Waals surface area contributed by atoms with Gasteiger partial charge in [-0.25, -0.2) is 4.99 Å². The first-order valence-electron chi connectivity index (χ1n) is 10.0. The van der Waals surface area contributed by atoms with Gasteiger partial charge >= 0.3 is 0 Å². The number of furan rings is 1. The van der Waals surface area contributed by atoms with Crippen LogP contribution in [0.4, 0.5) is 0 Å². The summed E-state index contributed by atoms with van der Waals surface area (Å²) < 4.78 is 10.9. The van der Waals surface area contributed by atoms with Crippen LogP contribution >= 0.6 is 24.0 Å². The first-order chi connectivity index (χ1) is 13.5. The molecular formula is C20H36IN5O3. The molecule has 0 bridgehead atoms. The molecule has 8 nitrogen and oxygen atoms in total. The lowest BCUT2D eigenvalue weighted by Gasteiger charge is -2.37. The minimum Gasteiger partial charge on any atom is -0.469 e. The molecule has 1 aliphatic heterocycles. The molecule has 0 aromatic carbocycles. The fraction of sp³-hybridized carbons (Fsp3) is 0.700. The molecule has 0 aliphatic carbocycles. The van der Waals surface area contributed by atoms with E-state index in [9.17, 15) is 4.79 Å². The van der Waals surface area contributed by atoms with Gasteiger partial charge in [0.05, 0.1) is 19.5 Å². The largest absolute Gasteiger partial charge is 0.469 e. The van der Waals surface area contributed by atoms with E-state index in [0.717, 1.165) is 45.0 Å². The third-order valence-electron chi connectivity index (χ3n) is 4.88. The number of halogens is 1. The average molecular weight is 521 g/mol. The lowest BCUT2D eigenvalue weighted by atomic mass is 10.0. The highest BCUT2D eigenvalue weighted by molar-refractivity contribution is 14.0. The normalized spacial score (nSPS) is 16.2. The number of nitrogens with zero attached hydrogens (tertiary/aromatic N) is 3. The third-order valence-corrected chi connectivity index (χ3v) is 4.88. The fourth-order valence-electron chi connectivity index (χ4n) is 3.12. The van der Waals surface area contributed by atoms with E-state index in [4.69, 9.17) is 9.15 Å². The number of carbonyl (C=O) groups excluding carboxylic acids is 1. The molecule has 1 aromatic rings. The number of amides is 1. The van der Waals surface area contributed by atoms with Crippen LogP contribution in [0.1, 0.15) is 19.6 Å². The molecule has 1 aliphatic rings. The Morgan fingerprint density at radius 3 is 2.59 bits per heavy atom. The summed E-state index contributed by atoms with van der Waals surface area (Å²) in [7, 11) is 3.48. The molecule has 9 heteroatoms. The van der Waals surface area contributed by atoms with Crippen LogP contribution < -0.4 is 10.6 Å². The molecule has 2 N–H and O–H groups in total. The number of rotatable bonds is 9. The fourth-order valence-corrected chi connectivity index (χ4v) is 3.12. The maximum atomic E-state index is 11.9. The second kappa shape index (κ2) is 13.8. The van der Waals surface area contributed by atoms with Crippen molar-refractivity contribution in [2.75, 3.05) is 60.0 Å². The van der Waals surface area contributed by atoms with E-state index in [1.807, 2.05) is 12.1 Å². The highest BCUT2D eigenvalue weighted by Crippen LogP contribution is 2.12. The van der Waals surface area contributed by atoms with Gasteiger partial charge < -0.3 is 24.7 Å². The molecule has 1 unspecified atom stereocenters. The van der Waals surface area contributed by atoms with Crippen molar-refractivity contribution in [1.82, 2.24) is 20.4 Å². The monoisotopic (exact) mass is 521 g/mol. The third kappa shape index (κ3) is 9.35. The zero-order valence-electron chi connectivity index (χ0n) is 18.0. The van der Waals surface area contributed by atoms with Gasteiger partial charge in [0.1, 0.15) is 12.3 Å². The number of hydrogen-bond donors (Lipinski definition) is 2. The van der Waals surface area contributed by atoms with Crippen LogP contribution in [-0.2, 0) is 16.0 Å². The molecule has 1 atom stereocenters. The summed E-state index contributed by atoms with van der Waals surface area (Å²) in [4.78, 5) is 20.4. The highest BCUT2D eigenvalue weighted by Gasteiger charge is 2.24. The standard InChI is InChI=1S/C20H35N5O3.HI/c1-16(2)18(25-9-12-27-13-10-25)14-22-20(23-15-19(26)24(3)4)21-8-7-17-6-5-11-28-17;/h5-6,11,16,18H,7-10,12-15H2,1-4H3,(H2,21,22,23);1H. The van der Waals surface area contributed by atoms with E-state index >= 15 is 0 Å². The molecule has 166 valence electrons. The Hall–Kier alpha value is -1.33. The Balaban J connectivity index is 0.00000420. The predicted octanol–water partition coefficient (Wildman–Crippen LogP) is 1.42. The average Bonchev–Trinajstić information content (AvgIpc) is 3.19. The van der Waals surface area contributed by atoms with Crippen LogP contribution in [0.5, 0.6) is 0 Å². The molecular weight excluding hydrogens is 485 g/mol. The number of ether oxygens (including phenoxy) is 1. The molecule has 29 heavy (non-hydrogen) atoms. The van der Waals surface area contributed by atoms with Crippen LogP contribution in [-0.4, -0.2) is 87.7 Å². The number of guanidine groups is 1. The highest BCUT2D eigenvalue weighted by atomic mass is 127. The smallest absolute Gasteiger partial charge is 0.243 e. The Labute approximate surface area is 191 Å². The zero-order chi connectivity index (χ0) is 20.4. The second-order valence-electron chi connectivity index (χ2n) is 7.55. The number of hydrogen-bond acceptors (Lipinski definition) is 5. The second-order valence-corrected chi connectivity index (χ2v) is 7.55. The minimum atomic E-state index is -0.0271. The van der Waals surface area contributed by atoms with Gasteiger partial charge in [-0.2, -0.15) is 0 Å². The molecule has 1 fully saturated rings. The summed E-state index contributed by atoms with van der Waals surface area (Å²) in [5.41, 5.74) is 0. The molecule has 1 amide bonds. The number of likely N-dealkylation sites (N-methyl/N-ethyl adjacent to an activating group) is 1. The van der Waals surface area contributed by atoms with Crippen molar-refractivity contribution >= 4 is 35.8 Å². The van der Waals surface area contributed by atoms with Gasteiger partial charge in [0, 0.05) is 52.7 Å². The zero-order valence-corrected chi connectivity index (χ0v) is 20.3. The van der Waals surface area contributed by atoms with Crippen LogP contribution in [0.3, 0.4) is 0 Å². The first-order valence-corrected chi connectivity index (χ1v) is 10.0. The van der Waals surface area contributed by atoms with Crippen LogP contribution in [0, 0.1) is 5.92 Å². The lowest BCUT2D eigenvalue weighted by molar-refractivity contribution is -0.127. The summed E-state index contributed by atoms with van der Waals surface area (Å²) in [6, 6.07) is 4.22. The van der Waals surface area contributed by atoms with Gasteiger partial charge in [0.25, 0.3) is 0 Å². The van der Waals surface area contributed by atoms with Crippen LogP contribution in [0.15, 0.2) is 27.8 Å². The molecule has 1 saturated heterocycles. The van der Waals surface area contributed by atoms with Crippen LogP contribution in [0.2, 0.25) is 0 Å². The number of carbonyl (C=O) groups is 1. The maximum absolute atomic E-state index is 11.9. The van der Waals surface area contributed by atoms with Crippen molar-refractivity contribution in [3.8, 4) is 0 Å². The van der Waals surface area contributed by atoms with Gasteiger partial charge in [-0.15, -0.1) is 24.0 Å². The van der Waals surface area contributed by atoms with Gasteiger partial charge in [-0.1, -0.05) is 13.8 Å². The molecule has 0 spiro atoms. The number of morpholine rings is 1. The van der Waals surface area contributed by atoms with Crippen LogP contribution in [0.25, 0.3) is 0 Å². The van der Waals surface area contributed by atoms with Gasteiger partial charge in [-0.3, -0.25) is 9.69 Å². The Morgan fingerprint density at radius 2 is 2.00 bits per heavy atom. The van der Waals surface area contributed by atoms with E-state index in [0.29, 0.717) is 24.5 Å². The summed E-state index contributed by atoms with van der Waals surface area (Å²) in [6.07, 6.45) is 2.43. The molecule has 2 heterocycles. The molecule has 0 radical (unpaired) electrons. The first kappa shape index (κ1) is 25.7. The molecule has 0 saturated carbocycles. The van der Waals surface area contributed by atoms with E-state index < -0.39 is 0 Å². The summed E-state index contributed by atoms with van der Waals surface area (Å²) >= 11 is 0. The van der Waals surface area contributed by atoms with Crippen molar-refractivity contribution in [2.45, 2.75) is 26.3 Å². The lowest BCUT2D eigenvalue weighted by Crippen LogP contribution is -2.52. The summed E-state index contributed by atoms with van der Waals surface area (Å²) in [5, 5.41) is 6.74. The van der Waals surface area contributed by atoms with Crippen molar-refractivity contribution in [3.63, 3.8) is 0 Å². The number of aliphatic imine (C=N–C) groups is 1. The van der Waals surface area contributed by atoms with Crippen molar-refractivity contribution < 1.29 is 13.9 Å². The van der Waals surface area contributed by atoms with E-state index in [2.05, 4.69) is 34.4 Å². The topological polar surface area (TPSA) is 82.3 Å². The number of nitrogens with one attached hydrogen (secondary N) is 2. The Kier molecular flexibility index (Phi) is 12.2. The Morgan fingerprint density at radius 1 is 1.28 bits per heavy atom. The molecule has 1 aromatic heterocycles. The quantitative estimate of drug-likeness (QED) is 0.291. The van der Waals surface area contributed by atoms with Gasteiger partial charge in [0.2, 0.25) is 5.91 Å². The predicted molar refractivity (Wildman–Crippen MR) is 126 cm³/mol. The summed E-state index contributed by atoms with van der Waals surface area (Å²) in [6.45, 7) is 9.49. The van der Waals surface area contributed by atoms with Crippen molar-refractivity contribution in [3.05, 3.63) is 24.2 Å². The molecule has 2 rings (SSSR count). The summed E-state index contributed by atoms with van der Waals surface area (Å²) in [5.74, 6) is 2.05. The van der Waals surface area contributed by atoms with Gasteiger partial charge in [0.15, 0.2) is 5.96 Å². The van der Waals surface area contributed by atoms with E-state index in [-0.39, 0.29) is 36.4 Å². The van der Waals surface area contributed by atoms with Crippen molar-refractivity contribution in [2.24, 2.45) is 10.9 Å². The minimum absolute atomic E-state index is 0. The van der Waals surface area contributed by atoms with E-state index in [1.165, 1.54) is 0 Å². The van der Waals surface area contributed by atoms with Gasteiger partial charge in [-0.05, 0) is 18.1 Å².